The number of benzene rings is 1. The number of nitrogens with zero attached hydrogens (tertiary/aromatic N) is 2. The molecule has 1 aromatic heterocycles. The summed E-state index contributed by atoms with van der Waals surface area (Å²) in [5.74, 6) is -0.446. The van der Waals surface area contributed by atoms with Crippen molar-refractivity contribution in [2.75, 3.05) is 18.5 Å². The Morgan fingerprint density at radius 3 is 2.88 bits per heavy atom. The molecule has 2 heterocycles. The van der Waals surface area contributed by atoms with Gasteiger partial charge in [0.2, 0.25) is 0 Å². The first-order valence-electron chi connectivity index (χ1n) is 8.02. The molecule has 7 heteroatoms. The van der Waals surface area contributed by atoms with Crippen molar-refractivity contribution in [3.63, 3.8) is 0 Å². The Hall–Kier alpha value is -2.41. The molecule has 1 fully saturated rings. The van der Waals surface area contributed by atoms with E-state index in [1.807, 2.05) is 19.9 Å². The summed E-state index contributed by atoms with van der Waals surface area (Å²) in [6.07, 6.45) is 2.04. The number of hydrogen-bond donors (Lipinski definition) is 2. The predicted molar refractivity (Wildman–Crippen MR) is 89.0 cm³/mol. The predicted octanol–water partition coefficient (Wildman–Crippen LogP) is 2.93. The van der Waals surface area contributed by atoms with Crippen LogP contribution >= 0.6 is 0 Å². The lowest BCUT2D eigenvalue weighted by atomic mass is 10.2. The molecule has 2 amide bonds. The minimum absolute atomic E-state index is 0.0703. The van der Waals surface area contributed by atoms with Crippen molar-refractivity contribution >= 4 is 11.7 Å². The van der Waals surface area contributed by atoms with E-state index < -0.39 is 5.82 Å². The van der Waals surface area contributed by atoms with E-state index in [-0.39, 0.29) is 12.1 Å². The Balaban J connectivity index is 1.63. The van der Waals surface area contributed by atoms with Gasteiger partial charge in [-0.2, -0.15) is 5.10 Å². The monoisotopic (exact) mass is 332 g/mol. The smallest absolute Gasteiger partial charge is 0.319 e. The molecular weight excluding hydrogens is 311 g/mol. The van der Waals surface area contributed by atoms with Gasteiger partial charge >= 0.3 is 6.03 Å². The molecule has 128 valence electrons. The van der Waals surface area contributed by atoms with E-state index in [2.05, 4.69) is 15.7 Å². The summed E-state index contributed by atoms with van der Waals surface area (Å²) >= 11 is 0. The van der Waals surface area contributed by atoms with Gasteiger partial charge in [-0.15, -0.1) is 0 Å². The molecule has 0 aliphatic carbocycles. The zero-order valence-corrected chi connectivity index (χ0v) is 13.8. The maximum atomic E-state index is 14.4. The second-order valence-electron chi connectivity index (χ2n) is 5.98. The number of aryl methyl sites for hydroxylation is 2. The number of halogens is 1. The zero-order chi connectivity index (χ0) is 17.1. The lowest BCUT2D eigenvalue weighted by Crippen LogP contribution is -2.35. The van der Waals surface area contributed by atoms with Gasteiger partial charge in [0.1, 0.15) is 5.69 Å². The summed E-state index contributed by atoms with van der Waals surface area (Å²) in [5.41, 5.74) is 2.41. The Morgan fingerprint density at radius 1 is 1.42 bits per heavy atom. The van der Waals surface area contributed by atoms with Crippen molar-refractivity contribution in [1.82, 2.24) is 15.1 Å². The highest BCUT2D eigenvalue weighted by molar-refractivity contribution is 5.89. The van der Waals surface area contributed by atoms with Crippen LogP contribution in [0.2, 0.25) is 0 Å². The number of nitrogens with one attached hydrogen (secondary N) is 2. The van der Waals surface area contributed by atoms with E-state index in [0.717, 1.165) is 30.8 Å². The van der Waals surface area contributed by atoms with Crippen LogP contribution < -0.4 is 10.6 Å². The molecule has 3 rings (SSSR count). The number of aromatic nitrogens is 2. The Bertz CT molecular complexity index is 738. The minimum atomic E-state index is -0.446. The van der Waals surface area contributed by atoms with Gasteiger partial charge in [-0.05, 0) is 51.0 Å². The van der Waals surface area contributed by atoms with E-state index in [4.69, 9.17) is 4.74 Å². The molecule has 24 heavy (non-hydrogen) atoms. The molecule has 1 aromatic carbocycles. The van der Waals surface area contributed by atoms with Crippen molar-refractivity contribution in [3.8, 4) is 5.69 Å². The molecule has 0 radical (unpaired) electrons. The van der Waals surface area contributed by atoms with Crippen LogP contribution in [0.25, 0.3) is 5.69 Å². The molecule has 0 bridgehead atoms. The van der Waals surface area contributed by atoms with Crippen LogP contribution in [0.3, 0.4) is 0 Å². The third-order valence-corrected chi connectivity index (χ3v) is 3.96. The number of hydrogen-bond acceptors (Lipinski definition) is 3. The maximum Gasteiger partial charge on any atom is 0.319 e. The Morgan fingerprint density at radius 2 is 2.25 bits per heavy atom. The van der Waals surface area contributed by atoms with Gasteiger partial charge < -0.3 is 15.4 Å². The highest BCUT2D eigenvalue weighted by Gasteiger charge is 2.16. The number of amides is 2. The highest BCUT2D eigenvalue weighted by Crippen LogP contribution is 2.20. The van der Waals surface area contributed by atoms with Crippen LogP contribution in [0, 0.1) is 19.7 Å². The minimum Gasteiger partial charge on any atom is -0.376 e. The van der Waals surface area contributed by atoms with E-state index in [0.29, 0.717) is 17.9 Å². The average Bonchev–Trinajstić information content (AvgIpc) is 3.15. The largest absolute Gasteiger partial charge is 0.376 e. The van der Waals surface area contributed by atoms with E-state index in [9.17, 15) is 9.18 Å². The Labute approximate surface area is 140 Å². The normalized spacial score (nSPS) is 17.0. The molecule has 0 unspecified atom stereocenters. The van der Waals surface area contributed by atoms with Crippen LogP contribution in [-0.4, -0.2) is 35.1 Å². The average molecular weight is 332 g/mol. The first kappa shape index (κ1) is 16.4. The third kappa shape index (κ3) is 3.73. The second kappa shape index (κ2) is 7.00. The van der Waals surface area contributed by atoms with Crippen LogP contribution in [0.4, 0.5) is 14.9 Å². The summed E-state index contributed by atoms with van der Waals surface area (Å²) in [6.45, 7) is 4.92. The summed E-state index contributed by atoms with van der Waals surface area (Å²) in [4.78, 5) is 11.9. The van der Waals surface area contributed by atoms with E-state index in [1.54, 1.807) is 16.8 Å². The molecular formula is C17H21FN4O2. The molecule has 1 atom stereocenters. The standard InChI is InChI=1S/C17H21FN4O2/c1-11-8-12(2)22(21-11)16-6-5-13(9-15(16)18)20-17(23)19-10-14-4-3-7-24-14/h5-6,8-9,14H,3-4,7,10H2,1-2H3,(H2,19,20,23)/t14-/m1/s1. The van der Waals surface area contributed by atoms with Gasteiger partial charge in [0.25, 0.3) is 0 Å². The topological polar surface area (TPSA) is 68.2 Å². The van der Waals surface area contributed by atoms with Crippen molar-refractivity contribution < 1.29 is 13.9 Å². The summed E-state index contributed by atoms with van der Waals surface area (Å²) in [7, 11) is 0. The number of carbonyl (C=O) groups excluding carboxylic acids is 1. The molecule has 2 aromatic rings. The van der Waals surface area contributed by atoms with Crippen LogP contribution in [0.1, 0.15) is 24.2 Å². The van der Waals surface area contributed by atoms with Gasteiger partial charge in [0, 0.05) is 24.5 Å². The first-order chi connectivity index (χ1) is 11.5. The van der Waals surface area contributed by atoms with Crippen molar-refractivity contribution in [2.24, 2.45) is 0 Å². The summed E-state index contributed by atoms with van der Waals surface area (Å²) in [5, 5.41) is 9.63. The number of anilines is 1. The molecule has 0 spiro atoms. The zero-order valence-electron chi connectivity index (χ0n) is 13.8. The van der Waals surface area contributed by atoms with Crippen LogP contribution in [0.5, 0.6) is 0 Å². The summed E-state index contributed by atoms with van der Waals surface area (Å²) < 4.78 is 21.3. The van der Waals surface area contributed by atoms with Gasteiger partial charge in [-0.3, -0.25) is 0 Å². The van der Waals surface area contributed by atoms with E-state index in [1.165, 1.54) is 6.07 Å². The maximum absolute atomic E-state index is 14.4. The molecule has 1 aliphatic heterocycles. The van der Waals surface area contributed by atoms with Crippen molar-refractivity contribution in [2.45, 2.75) is 32.8 Å². The first-order valence-corrected chi connectivity index (χ1v) is 8.02. The number of ether oxygens (including phenoxy) is 1. The molecule has 6 nitrogen and oxygen atoms in total. The fourth-order valence-corrected chi connectivity index (χ4v) is 2.82. The van der Waals surface area contributed by atoms with Gasteiger partial charge in [0.15, 0.2) is 5.82 Å². The van der Waals surface area contributed by atoms with Crippen molar-refractivity contribution in [1.29, 1.82) is 0 Å². The Kier molecular flexibility index (Phi) is 4.80. The van der Waals surface area contributed by atoms with Crippen molar-refractivity contribution in [3.05, 3.63) is 41.5 Å². The number of rotatable bonds is 4. The van der Waals surface area contributed by atoms with Crippen LogP contribution in [-0.2, 0) is 4.74 Å². The second-order valence-corrected chi connectivity index (χ2v) is 5.98. The summed E-state index contributed by atoms with van der Waals surface area (Å²) in [6, 6.07) is 6.05. The lowest BCUT2D eigenvalue weighted by Gasteiger charge is -2.12. The molecule has 1 saturated heterocycles. The van der Waals surface area contributed by atoms with Gasteiger partial charge in [-0.1, -0.05) is 0 Å². The quantitative estimate of drug-likeness (QED) is 0.904. The molecule has 2 N–H and O–H groups in total. The SMILES string of the molecule is Cc1cc(C)n(-c2ccc(NC(=O)NC[C@H]3CCCO3)cc2F)n1. The van der Waals surface area contributed by atoms with Gasteiger partial charge in [-0.25, -0.2) is 13.9 Å². The van der Waals surface area contributed by atoms with Crippen LogP contribution in [0.15, 0.2) is 24.3 Å². The molecule has 1 aliphatic rings. The third-order valence-electron chi connectivity index (χ3n) is 3.96. The number of carbonyl (C=O) groups is 1. The lowest BCUT2D eigenvalue weighted by molar-refractivity contribution is 0.112. The highest BCUT2D eigenvalue weighted by atomic mass is 19.1. The fourth-order valence-electron chi connectivity index (χ4n) is 2.82. The molecule has 0 saturated carbocycles. The fraction of sp³-hybridized carbons (Fsp3) is 0.412. The van der Waals surface area contributed by atoms with Gasteiger partial charge in [0.05, 0.1) is 11.8 Å². The number of urea groups is 1. The van der Waals surface area contributed by atoms with E-state index >= 15 is 0 Å².